The van der Waals surface area contributed by atoms with Gasteiger partial charge in [-0.15, -0.1) is 0 Å². The van der Waals surface area contributed by atoms with Gasteiger partial charge in [0.1, 0.15) is 5.82 Å². The van der Waals surface area contributed by atoms with Crippen molar-refractivity contribution >= 4 is 21.7 Å². The summed E-state index contributed by atoms with van der Waals surface area (Å²) in [4.78, 5) is 0. The first-order valence-electron chi connectivity index (χ1n) is 5.34. The molecular weight excluding hydrogens is 304 g/mol. The molecule has 2 N–H and O–H groups in total. The van der Waals surface area contributed by atoms with Gasteiger partial charge in [-0.1, -0.05) is 24.3 Å². The molecule has 0 aliphatic carbocycles. The topological polar surface area (TPSA) is 43.8 Å². The third-order valence-electron chi connectivity index (χ3n) is 2.66. The Morgan fingerprint density at radius 1 is 1.33 bits per heavy atom. The number of aryl methyl sites for hydroxylation is 1. The van der Waals surface area contributed by atoms with Gasteiger partial charge in [-0.25, -0.2) is 13.5 Å². The monoisotopic (exact) mass is 315 g/mol. The van der Waals surface area contributed by atoms with Crippen LogP contribution in [0.3, 0.4) is 0 Å². The lowest BCUT2D eigenvalue weighted by molar-refractivity contribution is 0.151. The van der Waals surface area contributed by atoms with Crippen LogP contribution in [-0.2, 0) is 6.54 Å². The number of hydrogen-bond donors (Lipinski definition) is 1. The van der Waals surface area contributed by atoms with Crippen molar-refractivity contribution in [2.24, 2.45) is 0 Å². The highest BCUT2D eigenvalue weighted by molar-refractivity contribution is 9.10. The number of nitrogen functional groups attached to an aromatic ring is 1. The molecule has 0 aliphatic heterocycles. The fraction of sp³-hybridized carbons (Fsp3) is 0.250. The summed E-state index contributed by atoms with van der Waals surface area (Å²) in [6.45, 7) is 2.30. The molecule has 0 aliphatic rings. The summed E-state index contributed by atoms with van der Waals surface area (Å²) in [7, 11) is 0. The van der Waals surface area contributed by atoms with Gasteiger partial charge in [0.05, 0.1) is 16.7 Å². The van der Waals surface area contributed by atoms with Gasteiger partial charge in [0.25, 0.3) is 6.43 Å². The lowest BCUT2D eigenvalue weighted by Crippen LogP contribution is -2.06. The van der Waals surface area contributed by atoms with Gasteiger partial charge in [-0.05, 0) is 28.4 Å². The van der Waals surface area contributed by atoms with Crippen LogP contribution in [0.2, 0.25) is 0 Å². The Morgan fingerprint density at radius 2 is 1.94 bits per heavy atom. The summed E-state index contributed by atoms with van der Waals surface area (Å²) >= 11 is 3.34. The Morgan fingerprint density at radius 3 is 2.39 bits per heavy atom. The van der Waals surface area contributed by atoms with E-state index >= 15 is 0 Å². The maximum absolute atomic E-state index is 12.4. The minimum absolute atomic E-state index is 0.0181. The van der Waals surface area contributed by atoms with Crippen LogP contribution >= 0.6 is 15.9 Å². The van der Waals surface area contributed by atoms with Crippen molar-refractivity contribution in [1.82, 2.24) is 9.78 Å². The van der Waals surface area contributed by atoms with E-state index in [4.69, 9.17) is 5.73 Å². The molecule has 1 aromatic heterocycles. The minimum atomic E-state index is -2.44. The Balaban J connectivity index is 2.21. The summed E-state index contributed by atoms with van der Waals surface area (Å²) in [6.07, 6.45) is -2.44. The molecule has 6 heteroatoms. The second kappa shape index (κ2) is 5.06. The molecule has 2 rings (SSSR count). The lowest BCUT2D eigenvalue weighted by Gasteiger charge is -2.05. The highest BCUT2D eigenvalue weighted by Gasteiger charge is 2.10. The highest BCUT2D eigenvalue weighted by Crippen LogP contribution is 2.24. The normalized spacial score (nSPS) is 11.2. The summed E-state index contributed by atoms with van der Waals surface area (Å²) in [5.74, 6) is 0.533. The van der Waals surface area contributed by atoms with Crippen LogP contribution in [0.1, 0.15) is 23.2 Å². The molecule has 2 aromatic rings. The Bertz CT molecular complexity index is 549. The summed E-state index contributed by atoms with van der Waals surface area (Å²) in [6, 6.07) is 6.15. The van der Waals surface area contributed by atoms with Crippen LogP contribution in [0, 0.1) is 6.92 Å². The average molecular weight is 316 g/mol. The van der Waals surface area contributed by atoms with Crippen LogP contribution in [0.25, 0.3) is 0 Å². The number of aromatic nitrogens is 2. The van der Waals surface area contributed by atoms with E-state index in [9.17, 15) is 8.78 Å². The van der Waals surface area contributed by atoms with Gasteiger partial charge >= 0.3 is 0 Å². The van der Waals surface area contributed by atoms with Crippen molar-refractivity contribution in [3.8, 4) is 0 Å². The second-order valence-corrected chi connectivity index (χ2v) is 4.78. The molecule has 0 bridgehead atoms. The van der Waals surface area contributed by atoms with Gasteiger partial charge in [0.15, 0.2) is 0 Å². The molecule has 0 radical (unpaired) electrons. The van der Waals surface area contributed by atoms with Gasteiger partial charge < -0.3 is 5.73 Å². The summed E-state index contributed by atoms with van der Waals surface area (Å²) in [5, 5.41) is 4.26. The van der Waals surface area contributed by atoms with E-state index in [0.717, 1.165) is 15.7 Å². The molecule has 0 fully saturated rings. The van der Waals surface area contributed by atoms with E-state index < -0.39 is 6.43 Å². The van der Waals surface area contributed by atoms with Crippen molar-refractivity contribution in [2.45, 2.75) is 19.9 Å². The fourth-order valence-corrected chi connectivity index (χ4v) is 1.92. The van der Waals surface area contributed by atoms with Gasteiger partial charge in [0, 0.05) is 5.56 Å². The molecule has 0 spiro atoms. The summed E-state index contributed by atoms with van der Waals surface area (Å²) in [5.41, 5.74) is 7.56. The SMILES string of the molecule is Cc1nn(Cc2ccc(C(F)F)cc2)c(N)c1Br. The minimum Gasteiger partial charge on any atom is -0.383 e. The van der Waals surface area contributed by atoms with Crippen LogP contribution < -0.4 is 5.73 Å². The first kappa shape index (κ1) is 13.0. The molecular formula is C12H12BrF2N3. The molecule has 0 amide bonds. The highest BCUT2D eigenvalue weighted by atomic mass is 79.9. The van der Waals surface area contributed by atoms with E-state index in [0.29, 0.717) is 12.4 Å². The predicted octanol–water partition coefficient (Wildman–Crippen LogP) is 3.52. The molecule has 0 saturated heterocycles. The standard InChI is InChI=1S/C12H12BrF2N3/c1-7-10(13)12(16)18(17-7)6-8-2-4-9(5-3-8)11(14)15/h2-5,11H,6,16H2,1H3. The van der Waals surface area contributed by atoms with E-state index in [1.807, 2.05) is 6.92 Å². The number of nitrogens with zero attached hydrogens (tertiary/aromatic N) is 2. The third kappa shape index (κ3) is 2.53. The zero-order valence-electron chi connectivity index (χ0n) is 9.70. The van der Waals surface area contributed by atoms with Crippen molar-refractivity contribution < 1.29 is 8.78 Å². The molecule has 0 unspecified atom stereocenters. The third-order valence-corrected chi connectivity index (χ3v) is 3.64. The zero-order chi connectivity index (χ0) is 13.3. The Kier molecular flexibility index (Phi) is 3.65. The number of benzene rings is 1. The molecule has 3 nitrogen and oxygen atoms in total. The summed E-state index contributed by atoms with van der Waals surface area (Å²) < 4.78 is 27.2. The van der Waals surface area contributed by atoms with Gasteiger partial charge in [0.2, 0.25) is 0 Å². The number of anilines is 1. The quantitative estimate of drug-likeness (QED) is 0.941. The van der Waals surface area contributed by atoms with Crippen molar-refractivity contribution in [2.75, 3.05) is 5.73 Å². The van der Waals surface area contributed by atoms with E-state index in [1.165, 1.54) is 12.1 Å². The molecule has 96 valence electrons. The van der Waals surface area contributed by atoms with Crippen LogP contribution in [0.15, 0.2) is 28.7 Å². The fourth-order valence-electron chi connectivity index (χ4n) is 1.64. The number of halogens is 3. The van der Waals surface area contributed by atoms with Crippen molar-refractivity contribution in [1.29, 1.82) is 0 Å². The van der Waals surface area contributed by atoms with Crippen LogP contribution in [0.4, 0.5) is 14.6 Å². The molecule has 1 heterocycles. The number of nitrogens with two attached hydrogens (primary N) is 1. The van der Waals surface area contributed by atoms with E-state index in [2.05, 4.69) is 21.0 Å². The Hall–Kier alpha value is -1.43. The van der Waals surface area contributed by atoms with Crippen molar-refractivity contribution in [3.05, 3.63) is 45.6 Å². The number of alkyl halides is 2. The molecule has 1 aromatic carbocycles. The first-order chi connectivity index (χ1) is 8.49. The Labute approximate surface area is 112 Å². The first-order valence-corrected chi connectivity index (χ1v) is 6.13. The number of rotatable bonds is 3. The van der Waals surface area contributed by atoms with Crippen LogP contribution in [-0.4, -0.2) is 9.78 Å². The van der Waals surface area contributed by atoms with Crippen molar-refractivity contribution in [3.63, 3.8) is 0 Å². The van der Waals surface area contributed by atoms with Crippen LogP contribution in [0.5, 0.6) is 0 Å². The maximum Gasteiger partial charge on any atom is 0.263 e. The maximum atomic E-state index is 12.4. The van der Waals surface area contributed by atoms with Gasteiger partial charge in [-0.2, -0.15) is 5.10 Å². The molecule has 0 atom stereocenters. The van der Waals surface area contributed by atoms with E-state index in [-0.39, 0.29) is 5.56 Å². The predicted molar refractivity (Wildman–Crippen MR) is 69.6 cm³/mol. The zero-order valence-corrected chi connectivity index (χ0v) is 11.3. The lowest BCUT2D eigenvalue weighted by atomic mass is 10.1. The largest absolute Gasteiger partial charge is 0.383 e. The number of hydrogen-bond acceptors (Lipinski definition) is 2. The van der Waals surface area contributed by atoms with Gasteiger partial charge in [-0.3, -0.25) is 0 Å². The average Bonchev–Trinajstić information content (AvgIpc) is 2.58. The smallest absolute Gasteiger partial charge is 0.263 e. The second-order valence-electron chi connectivity index (χ2n) is 3.98. The van der Waals surface area contributed by atoms with E-state index in [1.54, 1.807) is 16.8 Å². The molecule has 18 heavy (non-hydrogen) atoms. The molecule has 0 saturated carbocycles.